The van der Waals surface area contributed by atoms with Crippen molar-refractivity contribution in [1.29, 1.82) is 0 Å². The van der Waals surface area contributed by atoms with Crippen LogP contribution in [0.2, 0.25) is 0 Å². The second kappa shape index (κ2) is 2.61. The Bertz CT molecular complexity index is 265. The third-order valence-electron chi connectivity index (χ3n) is 2.52. The molecule has 0 spiro atoms. The molecule has 2 heteroatoms. The van der Waals surface area contributed by atoms with Gasteiger partial charge in [-0.3, -0.25) is 0 Å². The predicted molar refractivity (Wildman–Crippen MR) is 49.2 cm³/mol. The summed E-state index contributed by atoms with van der Waals surface area (Å²) in [4.78, 5) is 1.58. The molecule has 1 aromatic rings. The van der Waals surface area contributed by atoms with Crippen LogP contribution in [-0.2, 0) is 6.42 Å². The van der Waals surface area contributed by atoms with E-state index in [1.165, 1.54) is 18.4 Å². The molecule has 11 heavy (non-hydrogen) atoms. The SMILES string of the molecule is Cc1csc2c1[C@@H](CN)CC2. The summed E-state index contributed by atoms with van der Waals surface area (Å²) in [6.07, 6.45) is 2.54. The molecule has 2 rings (SSSR count). The Labute approximate surface area is 71.2 Å². The Hall–Kier alpha value is -0.340. The first-order chi connectivity index (χ1) is 5.33. The summed E-state index contributed by atoms with van der Waals surface area (Å²) >= 11 is 1.90. The topological polar surface area (TPSA) is 26.0 Å². The van der Waals surface area contributed by atoms with Crippen molar-refractivity contribution in [1.82, 2.24) is 0 Å². The minimum Gasteiger partial charge on any atom is -0.330 e. The number of nitrogens with two attached hydrogens (primary N) is 1. The zero-order valence-corrected chi connectivity index (χ0v) is 7.58. The van der Waals surface area contributed by atoms with Gasteiger partial charge in [-0.15, -0.1) is 11.3 Å². The van der Waals surface area contributed by atoms with E-state index in [4.69, 9.17) is 5.73 Å². The van der Waals surface area contributed by atoms with Crippen LogP contribution in [0.15, 0.2) is 5.38 Å². The highest BCUT2D eigenvalue weighted by atomic mass is 32.1. The smallest absolute Gasteiger partial charge is 0.00834 e. The van der Waals surface area contributed by atoms with Crippen LogP contribution in [0.25, 0.3) is 0 Å². The van der Waals surface area contributed by atoms with Crippen LogP contribution in [0, 0.1) is 6.92 Å². The molecule has 0 radical (unpaired) electrons. The van der Waals surface area contributed by atoms with Gasteiger partial charge in [0.1, 0.15) is 0 Å². The number of aryl methyl sites for hydroxylation is 2. The molecule has 0 fully saturated rings. The summed E-state index contributed by atoms with van der Waals surface area (Å²) in [5.74, 6) is 0.663. The van der Waals surface area contributed by atoms with E-state index in [-0.39, 0.29) is 0 Å². The number of rotatable bonds is 1. The fourth-order valence-electron chi connectivity index (χ4n) is 1.94. The van der Waals surface area contributed by atoms with E-state index >= 15 is 0 Å². The summed E-state index contributed by atoms with van der Waals surface area (Å²) in [6.45, 7) is 3.02. The van der Waals surface area contributed by atoms with Crippen LogP contribution < -0.4 is 5.73 Å². The minimum atomic E-state index is 0.663. The third-order valence-corrected chi connectivity index (χ3v) is 3.70. The normalized spacial score (nSPS) is 22.2. The Kier molecular flexibility index (Phi) is 1.74. The molecule has 1 aromatic heterocycles. The lowest BCUT2D eigenvalue weighted by Gasteiger charge is -2.06. The summed E-state index contributed by atoms with van der Waals surface area (Å²) < 4.78 is 0. The van der Waals surface area contributed by atoms with E-state index in [2.05, 4.69) is 12.3 Å². The third kappa shape index (κ3) is 1.01. The highest BCUT2D eigenvalue weighted by molar-refractivity contribution is 7.10. The van der Waals surface area contributed by atoms with Gasteiger partial charge in [0.2, 0.25) is 0 Å². The van der Waals surface area contributed by atoms with Crippen molar-refractivity contribution in [3.05, 3.63) is 21.4 Å². The monoisotopic (exact) mass is 167 g/mol. The molecule has 0 saturated carbocycles. The number of hydrogen-bond acceptors (Lipinski definition) is 2. The molecule has 1 aliphatic rings. The molecule has 1 aliphatic carbocycles. The van der Waals surface area contributed by atoms with Gasteiger partial charge in [0.15, 0.2) is 0 Å². The minimum absolute atomic E-state index is 0.663. The van der Waals surface area contributed by atoms with Crippen LogP contribution in [0.5, 0.6) is 0 Å². The van der Waals surface area contributed by atoms with E-state index in [9.17, 15) is 0 Å². The maximum atomic E-state index is 5.68. The molecule has 0 aliphatic heterocycles. The molecule has 1 heterocycles. The second-order valence-electron chi connectivity index (χ2n) is 3.23. The summed E-state index contributed by atoms with van der Waals surface area (Å²) in [5.41, 5.74) is 8.70. The highest BCUT2D eigenvalue weighted by Crippen LogP contribution is 2.38. The van der Waals surface area contributed by atoms with Crippen molar-refractivity contribution in [3.8, 4) is 0 Å². The molecule has 1 atom stereocenters. The zero-order chi connectivity index (χ0) is 7.84. The van der Waals surface area contributed by atoms with Crippen molar-refractivity contribution in [2.24, 2.45) is 5.73 Å². The molecule has 1 nitrogen and oxygen atoms in total. The second-order valence-corrected chi connectivity index (χ2v) is 4.19. The molecule has 0 saturated heterocycles. The summed E-state index contributed by atoms with van der Waals surface area (Å²) in [7, 11) is 0. The molecular formula is C9H13NS. The quantitative estimate of drug-likeness (QED) is 0.680. The van der Waals surface area contributed by atoms with Crippen molar-refractivity contribution in [3.63, 3.8) is 0 Å². The van der Waals surface area contributed by atoms with Gasteiger partial charge in [-0.1, -0.05) is 0 Å². The summed E-state index contributed by atoms with van der Waals surface area (Å²) in [6, 6.07) is 0. The summed E-state index contributed by atoms with van der Waals surface area (Å²) in [5, 5.41) is 2.26. The molecule has 0 unspecified atom stereocenters. The van der Waals surface area contributed by atoms with Crippen LogP contribution in [0.4, 0.5) is 0 Å². The first-order valence-electron chi connectivity index (χ1n) is 4.10. The Morgan fingerprint density at radius 1 is 1.73 bits per heavy atom. The lowest BCUT2D eigenvalue weighted by molar-refractivity contribution is 0.685. The van der Waals surface area contributed by atoms with Crippen molar-refractivity contribution >= 4 is 11.3 Å². The number of thiophene rings is 1. The predicted octanol–water partition coefficient (Wildman–Crippen LogP) is 2.05. The fourth-order valence-corrected chi connectivity index (χ4v) is 3.07. The van der Waals surface area contributed by atoms with Crippen LogP contribution in [0.3, 0.4) is 0 Å². The van der Waals surface area contributed by atoms with Gasteiger partial charge >= 0.3 is 0 Å². The lowest BCUT2D eigenvalue weighted by atomic mass is 10.0. The van der Waals surface area contributed by atoms with Gasteiger partial charge in [0.25, 0.3) is 0 Å². The Balaban J connectivity index is 2.42. The largest absolute Gasteiger partial charge is 0.330 e. The maximum Gasteiger partial charge on any atom is 0.00834 e. The van der Waals surface area contributed by atoms with Crippen LogP contribution >= 0.6 is 11.3 Å². The average molecular weight is 167 g/mol. The lowest BCUT2D eigenvalue weighted by Crippen LogP contribution is -2.09. The molecule has 0 aromatic carbocycles. The molecule has 60 valence electrons. The number of hydrogen-bond donors (Lipinski definition) is 1. The molecule has 2 N–H and O–H groups in total. The van der Waals surface area contributed by atoms with Gasteiger partial charge in [0.05, 0.1) is 0 Å². The van der Waals surface area contributed by atoms with Crippen LogP contribution in [0.1, 0.15) is 28.3 Å². The highest BCUT2D eigenvalue weighted by Gasteiger charge is 2.24. The van der Waals surface area contributed by atoms with Crippen molar-refractivity contribution in [2.75, 3.05) is 6.54 Å². The van der Waals surface area contributed by atoms with Gasteiger partial charge < -0.3 is 5.73 Å². The number of fused-ring (bicyclic) bond motifs is 1. The van der Waals surface area contributed by atoms with Crippen LogP contribution in [-0.4, -0.2) is 6.54 Å². The standard InChI is InChI=1S/C9H13NS/c1-6-5-11-8-3-2-7(4-10)9(6)8/h5,7H,2-4,10H2,1H3/t7-/m1/s1. The van der Waals surface area contributed by atoms with Gasteiger partial charge in [-0.25, -0.2) is 0 Å². The van der Waals surface area contributed by atoms with E-state index in [1.54, 1.807) is 10.4 Å². The van der Waals surface area contributed by atoms with Crippen molar-refractivity contribution in [2.45, 2.75) is 25.7 Å². The van der Waals surface area contributed by atoms with Gasteiger partial charge in [-0.05, 0) is 48.7 Å². The van der Waals surface area contributed by atoms with E-state index in [0.717, 1.165) is 6.54 Å². The zero-order valence-electron chi connectivity index (χ0n) is 6.76. The first kappa shape index (κ1) is 7.32. The van der Waals surface area contributed by atoms with Gasteiger partial charge in [0, 0.05) is 4.88 Å². The molecule has 0 bridgehead atoms. The molecule has 0 amide bonds. The maximum absolute atomic E-state index is 5.68. The van der Waals surface area contributed by atoms with E-state index in [0.29, 0.717) is 5.92 Å². The molecular weight excluding hydrogens is 154 g/mol. The average Bonchev–Trinajstić information content (AvgIpc) is 2.54. The van der Waals surface area contributed by atoms with E-state index in [1.807, 2.05) is 11.3 Å². The van der Waals surface area contributed by atoms with E-state index < -0.39 is 0 Å². The van der Waals surface area contributed by atoms with Gasteiger partial charge in [-0.2, -0.15) is 0 Å². The Morgan fingerprint density at radius 3 is 3.27 bits per heavy atom. The Morgan fingerprint density at radius 2 is 2.55 bits per heavy atom. The van der Waals surface area contributed by atoms with Crippen molar-refractivity contribution < 1.29 is 0 Å². The fraction of sp³-hybridized carbons (Fsp3) is 0.556. The first-order valence-corrected chi connectivity index (χ1v) is 4.98.